The lowest BCUT2D eigenvalue weighted by Crippen LogP contribution is -2.29. The standard InChI is InChI=1S/C12H17N7O2/c1-6(2)9(11(20)21)8(10-16-18-19-17-10)3-7-4-14-12(13)15-5-7/h4-6,8-9H,3H2,1-2H3,(H,20,21)(H2,13,14,15)(H,16,17,18,19)/t8-,9-/m0/s1. The number of nitrogens with one attached hydrogen (secondary N) is 1. The van der Waals surface area contributed by atoms with E-state index in [1.807, 2.05) is 13.8 Å². The molecule has 0 unspecified atom stereocenters. The fourth-order valence-corrected chi connectivity index (χ4v) is 2.35. The van der Waals surface area contributed by atoms with Crippen LogP contribution in [-0.2, 0) is 11.2 Å². The number of carboxylic acids is 1. The predicted octanol–water partition coefficient (Wildman–Crippen LogP) is 0.255. The molecule has 9 nitrogen and oxygen atoms in total. The number of aromatic amines is 1. The third-order valence-corrected chi connectivity index (χ3v) is 3.31. The van der Waals surface area contributed by atoms with Crippen molar-refractivity contribution in [2.45, 2.75) is 26.2 Å². The van der Waals surface area contributed by atoms with Crippen LogP contribution in [0.15, 0.2) is 12.4 Å². The highest BCUT2D eigenvalue weighted by atomic mass is 16.4. The van der Waals surface area contributed by atoms with Gasteiger partial charge < -0.3 is 10.8 Å². The predicted molar refractivity (Wildman–Crippen MR) is 73.0 cm³/mol. The summed E-state index contributed by atoms with van der Waals surface area (Å²) in [6.45, 7) is 3.71. The molecule has 9 heteroatoms. The van der Waals surface area contributed by atoms with Crippen molar-refractivity contribution in [1.29, 1.82) is 0 Å². The number of aliphatic carboxylic acids is 1. The van der Waals surface area contributed by atoms with E-state index in [1.165, 1.54) is 0 Å². The molecule has 0 aliphatic heterocycles. The quantitative estimate of drug-likeness (QED) is 0.687. The average Bonchev–Trinajstić information content (AvgIpc) is 2.93. The van der Waals surface area contributed by atoms with Crippen molar-refractivity contribution in [2.24, 2.45) is 11.8 Å². The van der Waals surface area contributed by atoms with Crippen LogP contribution < -0.4 is 5.73 Å². The number of hydrogen-bond donors (Lipinski definition) is 3. The first-order valence-electron chi connectivity index (χ1n) is 6.51. The lowest BCUT2D eigenvalue weighted by molar-refractivity contribution is -0.144. The fraction of sp³-hybridized carbons (Fsp3) is 0.500. The molecule has 0 radical (unpaired) electrons. The third-order valence-electron chi connectivity index (χ3n) is 3.31. The number of aromatic nitrogens is 6. The van der Waals surface area contributed by atoms with Gasteiger partial charge in [-0.05, 0) is 17.9 Å². The van der Waals surface area contributed by atoms with Gasteiger partial charge in [-0.2, -0.15) is 5.21 Å². The SMILES string of the molecule is CC(C)[C@H](C(=O)O)[C@H](Cc1cnc(N)nc1)c1nn[nH]n1. The molecular formula is C12H17N7O2. The highest BCUT2D eigenvalue weighted by molar-refractivity contribution is 5.71. The van der Waals surface area contributed by atoms with Crippen molar-refractivity contribution in [1.82, 2.24) is 30.6 Å². The summed E-state index contributed by atoms with van der Waals surface area (Å²) in [4.78, 5) is 19.4. The highest BCUT2D eigenvalue weighted by Gasteiger charge is 2.35. The zero-order valence-corrected chi connectivity index (χ0v) is 11.8. The molecule has 0 aromatic carbocycles. The maximum Gasteiger partial charge on any atom is 0.307 e. The maximum absolute atomic E-state index is 11.6. The van der Waals surface area contributed by atoms with Crippen LogP contribution in [0.25, 0.3) is 0 Å². The minimum Gasteiger partial charge on any atom is -0.481 e. The summed E-state index contributed by atoms with van der Waals surface area (Å²) >= 11 is 0. The summed E-state index contributed by atoms with van der Waals surface area (Å²) in [6.07, 6.45) is 3.55. The van der Waals surface area contributed by atoms with Crippen LogP contribution in [0, 0.1) is 11.8 Å². The molecule has 0 saturated heterocycles. The Morgan fingerprint density at radius 1 is 1.38 bits per heavy atom. The molecule has 0 fully saturated rings. The Morgan fingerprint density at radius 2 is 2.05 bits per heavy atom. The van der Waals surface area contributed by atoms with Crippen LogP contribution in [0.3, 0.4) is 0 Å². The molecule has 0 bridgehead atoms. The Labute approximate surface area is 121 Å². The number of hydrogen-bond acceptors (Lipinski definition) is 7. The molecule has 112 valence electrons. The molecule has 0 aliphatic rings. The van der Waals surface area contributed by atoms with Crippen LogP contribution in [0.5, 0.6) is 0 Å². The van der Waals surface area contributed by atoms with E-state index in [1.54, 1.807) is 12.4 Å². The average molecular weight is 291 g/mol. The first kappa shape index (κ1) is 14.8. The molecule has 21 heavy (non-hydrogen) atoms. The van der Waals surface area contributed by atoms with E-state index in [-0.39, 0.29) is 11.9 Å². The Kier molecular flexibility index (Phi) is 4.41. The number of H-pyrrole nitrogens is 1. The van der Waals surface area contributed by atoms with Crippen molar-refractivity contribution in [3.63, 3.8) is 0 Å². The smallest absolute Gasteiger partial charge is 0.307 e. The van der Waals surface area contributed by atoms with Crippen LogP contribution in [-0.4, -0.2) is 41.7 Å². The van der Waals surface area contributed by atoms with Crippen molar-refractivity contribution in [3.05, 3.63) is 23.8 Å². The van der Waals surface area contributed by atoms with Crippen molar-refractivity contribution >= 4 is 11.9 Å². The van der Waals surface area contributed by atoms with Crippen molar-refractivity contribution in [2.75, 3.05) is 5.73 Å². The molecule has 0 saturated carbocycles. The Balaban J connectivity index is 2.32. The molecule has 0 aliphatic carbocycles. The number of anilines is 1. The second kappa shape index (κ2) is 6.25. The van der Waals surface area contributed by atoms with E-state index in [2.05, 4.69) is 30.6 Å². The molecule has 0 spiro atoms. The van der Waals surface area contributed by atoms with E-state index >= 15 is 0 Å². The van der Waals surface area contributed by atoms with Crippen LogP contribution in [0.1, 0.15) is 31.2 Å². The normalized spacial score (nSPS) is 14.0. The van der Waals surface area contributed by atoms with Crippen LogP contribution >= 0.6 is 0 Å². The minimum atomic E-state index is -0.892. The Bertz CT molecular complexity index is 582. The number of tetrazole rings is 1. The lowest BCUT2D eigenvalue weighted by atomic mass is 9.80. The Hall–Kier alpha value is -2.58. The van der Waals surface area contributed by atoms with Crippen LogP contribution in [0.2, 0.25) is 0 Å². The molecule has 2 aromatic heterocycles. The molecule has 2 aromatic rings. The molecule has 2 rings (SSSR count). The topological polar surface area (TPSA) is 144 Å². The molecule has 4 N–H and O–H groups in total. The monoisotopic (exact) mass is 291 g/mol. The fourth-order valence-electron chi connectivity index (χ4n) is 2.35. The summed E-state index contributed by atoms with van der Waals surface area (Å²) in [5, 5.41) is 23.3. The van der Waals surface area contributed by atoms with Crippen molar-refractivity contribution < 1.29 is 9.90 Å². The van der Waals surface area contributed by atoms with E-state index in [4.69, 9.17) is 5.73 Å². The summed E-state index contributed by atoms with van der Waals surface area (Å²) < 4.78 is 0. The zero-order chi connectivity index (χ0) is 15.4. The Morgan fingerprint density at radius 3 is 2.52 bits per heavy atom. The van der Waals surface area contributed by atoms with Gasteiger partial charge in [-0.3, -0.25) is 4.79 Å². The molecule has 2 heterocycles. The molecule has 0 amide bonds. The highest BCUT2D eigenvalue weighted by Crippen LogP contribution is 2.31. The number of rotatable bonds is 6. The molecule has 2 atom stereocenters. The summed E-state index contributed by atoms with van der Waals surface area (Å²) in [7, 11) is 0. The minimum absolute atomic E-state index is 0.0827. The number of nitrogens with two attached hydrogens (primary N) is 1. The van der Waals surface area contributed by atoms with Gasteiger partial charge in [0.25, 0.3) is 0 Å². The van der Waals surface area contributed by atoms with Gasteiger partial charge >= 0.3 is 5.97 Å². The van der Waals surface area contributed by atoms with Gasteiger partial charge in [-0.1, -0.05) is 19.1 Å². The van der Waals surface area contributed by atoms with Crippen LogP contribution in [0.4, 0.5) is 5.95 Å². The second-order valence-electron chi connectivity index (χ2n) is 5.14. The van der Waals surface area contributed by atoms with Gasteiger partial charge in [-0.15, -0.1) is 10.2 Å². The zero-order valence-electron chi connectivity index (χ0n) is 11.8. The molecular weight excluding hydrogens is 274 g/mol. The maximum atomic E-state index is 11.6. The van der Waals surface area contributed by atoms with E-state index in [9.17, 15) is 9.90 Å². The third kappa shape index (κ3) is 3.50. The van der Waals surface area contributed by atoms with E-state index < -0.39 is 17.8 Å². The summed E-state index contributed by atoms with van der Waals surface area (Å²) in [6, 6.07) is 0. The number of nitrogens with zero attached hydrogens (tertiary/aromatic N) is 5. The van der Waals surface area contributed by atoms with Gasteiger partial charge in [0.2, 0.25) is 5.95 Å². The summed E-state index contributed by atoms with van der Waals surface area (Å²) in [5.74, 6) is -1.49. The van der Waals surface area contributed by atoms with Gasteiger partial charge in [0.1, 0.15) is 0 Å². The first-order valence-corrected chi connectivity index (χ1v) is 6.51. The number of nitrogen functional groups attached to an aromatic ring is 1. The van der Waals surface area contributed by atoms with E-state index in [0.717, 1.165) is 5.56 Å². The number of carboxylic acid groups (broad SMARTS) is 1. The lowest BCUT2D eigenvalue weighted by Gasteiger charge is -2.24. The largest absolute Gasteiger partial charge is 0.481 e. The van der Waals surface area contributed by atoms with Gasteiger partial charge in [-0.25, -0.2) is 9.97 Å². The summed E-state index contributed by atoms with van der Waals surface area (Å²) in [5.41, 5.74) is 6.22. The van der Waals surface area contributed by atoms with Gasteiger partial charge in [0, 0.05) is 18.3 Å². The first-order chi connectivity index (χ1) is 9.99. The van der Waals surface area contributed by atoms with E-state index in [0.29, 0.717) is 12.2 Å². The second-order valence-corrected chi connectivity index (χ2v) is 5.14. The van der Waals surface area contributed by atoms with Gasteiger partial charge in [0.05, 0.1) is 5.92 Å². The number of carbonyl (C=O) groups is 1. The van der Waals surface area contributed by atoms with Crippen molar-refractivity contribution in [3.8, 4) is 0 Å². The van der Waals surface area contributed by atoms with Gasteiger partial charge in [0.15, 0.2) is 5.82 Å².